The first-order chi connectivity index (χ1) is 6.17. The van der Waals surface area contributed by atoms with Crippen molar-refractivity contribution < 1.29 is 53.8 Å². The molecular weight excluding hydrogens is 233 g/mol. The van der Waals surface area contributed by atoms with Crippen LogP contribution in [0.2, 0.25) is 0 Å². The predicted octanol–water partition coefficient (Wildman–Crippen LogP) is -3.72. The Kier molecular flexibility index (Phi) is 10.8. The molecule has 2 N–H and O–H groups in total. The Morgan fingerprint density at radius 3 is 2.40 bits per heavy atom. The van der Waals surface area contributed by atoms with Crippen LogP contribution >= 0.6 is 0 Å². The van der Waals surface area contributed by atoms with E-state index in [-0.39, 0.29) is 43.1 Å². The van der Waals surface area contributed by atoms with Crippen LogP contribution < -0.4 is 29.6 Å². The Bertz CT molecular complexity index is 245. The van der Waals surface area contributed by atoms with E-state index in [1.54, 1.807) is 0 Å². The SMILES string of the molecule is CCCOS(=O)(=O)N1CCOCC1.O.[H-].[Na+]. The summed E-state index contributed by atoms with van der Waals surface area (Å²) in [6.45, 7) is 3.82. The minimum atomic E-state index is -3.49. The van der Waals surface area contributed by atoms with Crippen molar-refractivity contribution in [3.63, 3.8) is 0 Å². The largest absolute Gasteiger partial charge is 1.00 e. The molecule has 0 aromatic heterocycles. The fourth-order valence-electron chi connectivity index (χ4n) is 1.03. The molecular formula is C7H18NNaO5S. The van der Waals surface area contributed by atoms with Crippen molar-refractivity contribution in [2.75, 3.05) is 32.9 Å². The van der Waals surface area contributed by atoms with Gasteiger partial charge in [-0.25, -0.2) is 0 Å². The van der Waals surface area contributed by atoms with E-state index in [0.717, 1.165) is 0 Å². The summed E-state index contributed by atoms with van der Waals surface area (Å²) in [5.74, 6) is 0. The van der Waals surface area contributed by atoms with Gasteiger partial charge in [0.2, 0.25) is 0 Å². The molecule has 0 aromatic rings. The van der Waals surface area contributed by atoms with Gasteiger partial charge in [0.15, 0.2) is 0 Å². The van der Waals surface area contributed by atoms with E-state index in [0.29, 0.717) is 32.7 Å². The van der Waals surface area contributed by atoms with Gasteiger partial charge < -0.3 is 11.6 Å². The molecule has 0 spiro atoms. The normalized spacial score (nSPS) is 17.7. The van der Waals surface area contributed by atoms with Crippen LogP contribution in [0, 0.1) is 0 Å². The third-order valence-corrected chi connectivity index (χ3v) is 3.18. The molecule has 6 nitrogen and oxygen atoms in total. The van der Waals surface area contributed by atoms with Crippen LogP contribution in [-0.4, -0.2) is 51.1 Å². The Hall–Kier alpha value is 0.790. The molecule has 0 bridgehead atoms. The van der Waals surface area contributed by atoms with Crippen LogP contribution in [0.1, 0.15) is 14.8 Å². The first-order valence-corrected chi connectivity index (χ1v) is 5.75. The van der Waals surface area contributed by atoms with Gasteiger partial charge in [-0.15, -0.1) is 0 Å². The summed E-state index contributed by atoms with van der Waals surface area (Å²) in [6, 6.07) is 0. The number of hydrogen-bond acceptors (Lipinski definition) is 4. The first-order valence-electron chi connectivity index (χ1n) is 4.39. The van der Waals surface area contributed by atoms with Crippen molar-refractivity contribution in [1.82, 2.24) is 4.31 Å². The van der Waals surface area contributed by atoms with Gasteiger partial charge >= 0.3 is 39.9 Å². The quantitative estimate of drug-likeness (QED) is 0.481. The molecule has 1 saturated heterocycles. The van der Waals surface area contributed by atoms with Gasteiger partial charge in [0, 0.05) is 13.1 Å². The topological polar surface area (TPSA) is 87.3 Å². The molecule has 88 valence electrons. The van der Waals surface area contributed by atoms with Gasteiger partial charge in [-0.3, -0.25) is 4.18 Å². The third kappa shape index (κ3) is 6.18. The third-order valence-electron chi connectivity index (χ3n) is 1.72. The first kappa shape index (κ1) is 18.2. The zero-order valence-corrected chi connectivity index (χ0v) is 12.0. The van der Waals surface area contributed by atoms with Gasteiger partial charge in [0.05, 0.1) is 19.8 Å². The van der Waals surface area contributed by atoms with Crippen LogP contribution in [-0.2, 0) is 19.2 Å². The van der Waals surface area contributed by atoms with E-state index in [9.17, 15) is 8.42 Å². The molecule has 0 aliphatic carbocycles. The second kappa shape index (κ2) is 8.89. The van der Waals surface area contributed by atoms with Crippen molar-refractivity contribution >= 4 is 10.3 Å². The van der Waals surface area contributed by atoms with Gasteiger partial charge in [0.25, 0.3) is 0 Å². The van der Waals surface area contributed by atoms with Crippen molar-refractivity contribution in [2.45, 2.75) is 13.3 Å². The van der Waals surface area contributed by atoms with Crippen LogP contribution in [0.15, 0.2) is 0 Å². The monoisotopic (exact) mass is 251 g/mol. The number of nitrogens with zero attached hydrogens (tertiary/aromatic N) is 1. The number of hydrogen-bond donors (Lipinski definition) is 0. The van der Waals surface area contributed by atoms with E-state index in [2.05, 4.69) is 0 Å². The maximum absolute atomic E-state index is 11.4. The van der Waals surface area contributed by atoms with Crippen LogP contribution in [0.25, 0.3) is 0 Å². The summed E-state index contributed by atoms with van der Waals surface area (Å²) < 4.78 is 33.9. The molecule has 1 aliphatic rings. The predicted molar refractivity (Wildman–Crippen MR) is 52.3 cm³/mol. The Labute approximate surface area is 114 Å². The van der Waals surface area contributed by atoms with Crippen LogP contribution in [0.5, 0.6) is 0 Å². The number of morpholine rings is 1. The average Bonchev–Trinajstić information content (AvgIpc) is 2.16. The molecule has 1 aliphatic heterocycles. The van der Waals surface area contributed by atoms with E-state index in [4.69, 9.17) is 8.92 Å². The fraction of sp³-hybridized carbons (Fsp3) is 1.00. The molecule has 0 unspecified atom stereocenters. The second-order valence-corrected chi connectivity index (χ2v) is 4.40. The molecule has 8 heteroatoms. The van der Waals surface area contributed by atoms with E-state index in [1.165, 1.54) is 4.31 Å². The molecule has 1 heterocycles. The number of ether oxygens (including phenoxy) is 1. The summed E-state index contributed by atoms with van der Waals surface area (Å²) in [5, 5.41) is 0. The van der Waals surface area contributed by atoms with Gasteiger partial charge in [-0.05, 0) is 6.42 Å². The Morgan fingerprint density at radius 2 is 1.93 bits per heavy atom. The molecule has 0 atom stereocenters. The summed E-state index contributed by atoms with van der Waals surface area (Å²) >= 11 is 0. The van der Waals surface area contributed by atoms with Gasteiger partial charge in [0.1, 0.15) is 0 Å². The maximum Gasteiger partial charge on any atom is 1.00 e. The van der Waals surface area contributed by atoms with E-state index in [1.807, 2.05) is 6.92 Å². The minimum absolute atomic E-state index is 0. The average molecular weight is 251 g/mol. The molecule has 0 radical (unpaired) electrons. The van der Waals surface area contributed by atoms with Crippen molar-refractivity contribution in [3.8, 4) is 0 Å². The molecule has 0 aromatic carbocycles. The van der Waals surface area contributed by atoms with E-state index < -0.39 is 10.3 Å². The molecule has 1 fully saturated rings. The summed E-state index contributed by atoms with van der Waals surface area (Å²) in [6.07, 6.45) is 0.698. The van der Waals surface area contributed by atoms with Crippen molar-refractivity contribution in [1.29, 1.82) is 0 Å². The van der Waals surface area contributed by atoms with Gasteiger partial charge in [-0.1, -0.05) is 6.92 Å². The summed E-state index contributed by atoms with van der Waals surface area (Å²) in [4.78, 5) is 0. The standard InChI is InChI=1S/C7H15NO4S.Na.H2O.H/c1-2-5-12-13(9,10)8-3-6-11-7-4-8;;;/h2-7H2,1H3;;1H2;/q;+1;;-1. The minimum Gasteiger partial charge on any atom is -1.00 e. The fourth-order valence-corrected chi connectivity index (χ4v) is 2.16. The zero-order valence-electron chi connectivity index (χ0n) is 10.2. The van der Waals surface area contributed by atoms with Crippen LogP contribution in [0.3, 0.4) is 0 Å². The van der Waals surface area contributed by atoms with E-state index >= 15 is 0 Å². The van der Waals surface area contributed by atoms with Crippen LogP contribution in [0.4, 0.5) is 0 Å². The molecule has 0 saturated carbocycles. The van der Waals surface area contributed by atoms with Gasteiger partial charge in [-0.2, -0.15) is 12.7 Å². The Morgan fingerprint density at radius 1 is 1.40 bits per heavy atom. The maximum atomic E-state index is 11.4. The van der Waals surface area contributed by atoms with Crippen molar-refractivity contribution in [3.05, 3.63) is 0 Å². The smallest absolute Gasteiger partial charge is 1.00 e. The molecule has 15 heavy (non-hydrogen) atoms. The van der Waals surface area contributed by atoms with Crippen molar-refractivity contribution in [2.24, 2.45) is 0 Å². The number of rotatable bonds is 4. The summed E-state index contributed by atoms with van der Waals surface area (Å²) in [7, 11) is -3.49. The molecule has 0 amide bonds. The summed E-state index contributed by atoms with van der Waals surface area (Å²) in [5.41, 5.74) is 0. The molecule has 1 rings (SSSR count). The Balaban J connectivity index is -0.000000563. The zero-order chi connectivity index (χ0) is 9.73. The second-order valence-electron chi connectivity index (χ2n) is 2.79.